The maximum atomic E-state index is 13.8. The van der Waals surface area contributed by atoms with Crippen LogP contribution >= 0.6 is 11.8 Å². The molecule has 7 nitrogen and oxygen atoms in total. The standard InChI is InChI=1S/C32H35N5O2S/c1-21(2)17-18-39-27-15-13-25(14-16-27)29-28(30(38)34-26-12-8-9-22(3)19-26)23(4)33-31-35-32(36-37(29)31)40-20-24-10-6-5-7-11-24/h5-16,19,21,29H,17-18,20H2,1-4H3,(H,34,38)(H,33,35,36). The number of nitrogens with one attached hydrogen (secondary N) is 2. The van der Waals surface area contributed by atoms with Crippen molar-refractivity contribution in [3.05, 3.63) is 107 Å². The molecule has 0 saturated carbocycles. The van der Waals surface area contributed by atoms with Crippen LogP contribution in [-0.2, 0) is 10.5 Å². The first-order chi connectivity index (χ1) is 19.4. The number of aromatic nitrogens is 3. The van der Waals surface area contributed by atoms with Crippen molar-refractivity contribution in [1.29, 1.82) is 0 Å². The minimum Gasteiger partial charge on any atom is -0.494 e. The average Bonchev–Trinajstić information content (AvgIpc) is 3.34. The summed E-state index contributed by atoms with van der Waals surface area (Å²) in [5, 5.41) is 11.9. The molecule has 8 heteroatoms. The average molecular weight is 554 g/mol. The number of allylic oxidation sites excluding steroid dienone is 1. The summed E-state index contributed by atoms with van der Waals surface area (Å²) in [6.45, 7) is 8.96. The number of hydrogen-bond donors (Lipinski definition) is 2. The fourth-order valence-corrected chi connectivity index (χ4v) is 5.38. The number of carbonyl (C=O) groups excluding carboxylic acids is 1. The highest BCUT2D eigenvalue weighted by molar-refractivity contribution is 7.98. The van der Waals surface area contributed by atoms with Crippen molar-refractivity contribution >= 4 is 29.3 Å². The number of aryl methyl sites for hydroxylation is 1. The fourth-order valence-electron chi connectivity index (χ4n) is 4.60. The van der Waals surface area contributed by atoms with Crippen LogP contribution in [0.25, 0.3) is 0 Å². The number of ether oxygens (including phenoxy) is 1. The number of hydrogen-bond acceptors (Lipinski definition) is 6. The lowest BCUT2D eigenvalue weighted by Crippen LogP contribution is -2.31. The number of carbonyl (C=O) groups is 1. The Morgan fingerprint density at radius 1 is 1.05 bits per heavy atom. The van der Waals surface area contributed by atoms with Crippen molar-refractivity contribution in [2.75, 3.05) is 17.2 Å². The van der Waals surface area contributed by atoms with E-state index in [4.69, 9.17) is 14.8 Å². The van der Waals surface area contributed by atoms with E-state index in [1.165, 1.54) is 5.56 Å². The number of anilines is 2. The molecule has 0 saturated heterocycles. The summed E-state index contributed by atoms with van der Waals surface area (Å²) in [4.78, 5) is 18.5. The lowest BCUT2D eigenvalue weighted by molar-refractivity contribution is -0.113. The van der Waals surface area contributed by atoms with Gasteiger partial charge in [-0.25, -0.2) is 4.68 Å². The molecule has 5 rings (SSSR count). The maximum Gasteiger partial charge on any atom is 0.255 e. The van der Waals surface area contributed by atoms with Crippen LogP contribution in [0.1, 0.15) is 49.9 Å². The highest BCUT2D eigenvalue weighted by Crippen LogP contribution is 2.37. The van der Waals surface area contributed by atoms with Gasteiger partial charge in [-0.1, -0.05) is 80.2 Å². The quantitative estimate of drug-likeness (QED) is 0.202. The van der Waals surface area contributed by atoms with Crippen LogP contribution in [0.2, 0.25) is 0 Å². The summed E-state index contributed by atoms with van der Waals surface area (Å²) < 4.78 is 7.77. The molecular weight excluding hydrogens is 518 g/mol. The normalized spacial score (nSPS) is 14.6. The summed E-state index contributed by atoms with van der Waals surface area (Å²) in [6.07, 6.45) is 0.993. The van der Waals surface area contributed by atoms with Gasteiger partial charge in [0, 0.05) is 17.1 Å². The highest BCUT2D eigenvalue weighted by Gasteiger charge is 2.34. The number of amides is 1. The van der Waals surface area contributed by atoms with Gasteiger partial charge in [0.25, 0.3) is 5.91 Å². The minimum absolute atomic E-state index is 0.183. The molecule has 0 radical (unpaired) electrons. The van der Waals surface area contributed by atoms with E-state index in [1.54, 1.807) is 11.8 Å². The molecule has 1 atom stereocenters. The zero-order valence-electron chi connectivity index (χ0n) is 23.3. The van der Waals surface area contributed by atoms with Crippen LogP contribution in [0.4, 0.5) is 11.6 Å². The minimum atomic E-state index is -0.454. The van der Waals surface area contributed by atoms with Gasteiger partial charge in [0.05, 0.1) is 12.2 Å². The van der Waals surface area contributed by atoms with Crippen LogP contribution in [0.3, 0.4) is 0 Å². The van der Waals surface area contributed by atoms with Gasteiger partial charge in [-0.15, -0.1) is 5.10 Å². The van der Waals surface area contributed by atoms with Crippen LogP contribution in [-0.4, -0.2) is 27.3 Å². The number of thioether (sulfide) groups is 1. The van der Waals surface area contributed by atoms with Crippen molar-refractivity contribution in [3.8, 4) is 5.75 Å². The fraction of sp³-hybridized carbons (Fsp3) is 0.281. The molecule has 0 spiro atoms. The van der Waals surface area contributed by atoms with E-state index in [-0.39, 0.29) is 5.91 Å². The molecule has 1 unspecified atom stereocenters. The lowest BCUT2D eigenvalue weighted by Gasteiger charge is -2.28. The third-order valence-electron chi connectivity index (χ3n) is 6.72. The largest absolute Gasteiger partial charge is 0.494 e. The number of fused-ring (bicyclic) bond motifs is 1. The Hall–Kier alpha value is -4.04. The van der Waals surface area contributed by atoms with Gasteiger partial charge in [0.1, 0.15) is 11.8 Å². The van der Waals surface area contributed by atoms with E-state index in [0.717, 1.165) is 40.4 Å². The molecule has 1 amide bonds. The van der Waals surface area contributed by atoms with Gasteiger partial charge >= 0.3 is 0 Å². The van der Waals surface area contributed by atoms with Crippen LogP contribution in [0.5, 0.6) is 5.75 Å². The molecule has 206 valence electrons. The molecule has 1 aliphatic rings. The molecular formula is C32H35N5O2S. The summed E-state index contributed by atoms with van der Waals surface area (Å²) in [6, 6.07) is 25.5. The number of nitrogens with zero attached hydrogens (tertiary/aromatic N) is 3. The van der Waals surface area contributed by atoms with E-state index in [2.05, 4.69) is 36.6 Å². The van der Waals surface area contributed by atoms with E-state index in [0.29, 0.717) is 29.2 Å². The van der Waals surface area contributed by atoms with Crippen molar-refractivity contribution in [2.45, 2.75) is 51.1 Å². The molecule has 0 bridgehead atoms. The Bertz CT molecular complexity index is 1500. The molecule has 4 aromatic rings. The third-order valence-corrected chi connectivity index (χ3v) is 7.63. The predicted octanol–water partition coefficient (Wildman–Crippen LogP) is 7.23. The first-order valence-corrected chi connectivity index (χ1v) is 14.6. The van der Waals surface area contributed by atoms with E-state index < -0.39 is 6.04 Å². The van der Waals surface area contributed by atoms with Gasteiger partial charge < -0.3 is 15.4 Å². The van der Waals surface area contributed by atoms with E-state index >= 15 is 0 Å². The zero-order valence-corrected chi connectivity index (χ0v) is 24.2. The number of benzene rings is 3. The third kappa shape index (κ3) is 6.57. The van der Waals surface area contributed by atoms with Crippen molar-refractivity contribution in [1.82, 2.24) is 14.8 Å². The van der Waals surface area contributed by atoms with Crippen molar-refractivity contribution in [3.63, 3.8) is 0 Å². The second kappa shape index (κ2) is 12.4. The van der Waals surface area contributed by atoms with Crippen molar-refractivity contribution < 1.29 is 9.53 Å². The zero-order chi connectivity index (χ0) is 28.1. The SMILES string of the molecule is CC1=C(C(=O)Nc2cccc(C)c2)C(c2ccc(OCCC(C)C)cc2)n2nc(SCc3ccccc3)nc2N1. The summed E-state index contributed by atoms with van der Waals surface area (Å²) in [7, 11) is 0. The Kier molecular flexibility index (Phi) is 8.55. The molecule has 0 fully saturated rings. The molecule has 3 aromatic carbocycles. The van der Waals surface area contributed by atoms with Gasteiger partial charge in [-0.05, 0) is 67.1 Å². The summed E-state index contributed by atoms with van der Waals surface area (Å²) in [5.41, 5.74) is 5.29. The number of rotatable bonds is 10. The van der Waals surface area contributed by atoms with E-state index in [1.807, 2.05) is 85.3 Å². The molecule has 0 aliphatic carbocycles. The highest BCUT2D eigenvalue weighted by atomic mass is 32.2. The molecule has 1 aliphatic heterocycles. The summed E-state index contributed by atoms with van der Waals surface area (Å²) >= 11 is 1.57. The molecule has 40 heavy (non-hydrogen) atoms. The second-order valence-corrected chi connectivity index (χ2v) is 11.4. The van der Waals surface area contributed by atoms with Crippen LogP contribution in [0.15, 0.2) is 95.3 Å². The molecule has 1 aromatic heterocycles. The Morgan fingerprint density at radius 3 is 2.55 bits per heavy atom. The topological polar surface area (TPSA) is 81.1 Å². The Labute approximate surface area is 240 Å². The lowest BCUT2D eigenvalue weighted by atomic mass is 9.95. The summed E-state index contributed by atoms with van der Waals surface area (Å²) in [5.74, 6) is 2.57. The molecule has 2 N–H and O–H groups in total. The second-order valence-electron chi connectivity index (χ2n) is 10.4. The van der Waals surface area contributed by atoms with Crippen molar-refractivity contribution in [2.24, 2.45) is 5.92 Å². The maximum absolute atomic E-state index is 13.8. The van der Waals surface area contributed by atoms with Gasteiger partial charge in [-0.3, -0.25) is 4.79 Å². The first-order valence-electron chi connectivity index (χ1n) is 13.6. The van der Waals surface area contributed by atoms with E-state index in [9.17, 15) is 4.79 Å². The first kappa shape index (κ1) is 27.5. The van der Waals surface area contributed by atoms with Crippen LogP contribution < -0.4 is 15.4 Å². The van der Waals surface area contributed by atoms with Crippen LogP contribution in [0, 0.1) is 12.8 Å². The smallest absolute Gasteiger partial charge is 0.255 e. The predicted molar refractivity (Wildman–Crippen MR) is 162 cm³/mol. The van der Waals surface area contributed by atoms with Gasteiger partial charge in [0.2, 0.25) is 11.1 Å². The molecule has 2 heterocycles. The van der Waals surface area contributed by atoms with Gasteiger partial charge in [-0.2, -0.15) is 4.98 Å². The monoisotopic (exact) mass is 553 g/mol. The Morgan fingerprint density at radius 2 is 1.82 bits per heavy atom. The van der Waals surface area contributed by atoms with Gasteiger partial charge in [0.15, 0.2) is 0 Å². The Balaban J connectivity index is 1.45.